The molecule has 2 amide bonds. The van der Waals surface area contributed by atoms with Gasteiger partial charge in [0.05, 0.1) is 21.8 Å². The Kier molecular flexibility index (Phi) is 10.3. The van der Waals surface area contributed by atoms with Crippen molar-refractivity contribution in [3.63, 3.8) is 0 Å². The third-order valence-electron chi connectivity index (χ3n) is 7.14. The summed E-state index contributed by atoms with van der Waals surface area (Å²) in [7, 11) is 0. The van der Waals surface area contributed by atoms with Gasteiger partial charge in [-0.15, -0.1) is 0 Å². The van der Waals surface area contributed by atoms with Crippen LogP contribution in [0.2, 0.25) is 5.02 Å². The van der Waals surface area contributed by atoms with Crippen molar-refractivity contribution in [3.05, 3.63) is 82.5 Å². The van der Waals surface area contributed by atoms with E-state index in [1.165, 1.54) is 6.20 Å². The van der Waals surface area contributed by atoms with Crippen LogP contribution in [0.4, 0.5) is 11.5 Å². The number of ether oxygens (including phenoxy) is 2. The largest absolute Gasteiger partial charge is 0.478 e. The first-order chi connectivity index (χ1) is 20.7. The van der Waals surface area contributed by atoms with Gasteiger partial charge in [0, 0.05) is 18.7 Å². The van der Waals surface area contributed by atoms with E-state index < -0.39 is 29.5 Å². The Bertz CT molecular complexity index is 1490. The molecule has 1 aliphatic rings. The molecule has 2 heterocycles. The summed E-state index contributed by atoms with van der Waals surface area (Å²) in [4.78, 5) is 44.6. The molecule has 1 fully saturated rings. The Morgan fingerprint density at radius 1 is 0.955 bits per heavy atom. The topological polar surface area (TPSA) is 119 Å². The van der Waals surface area contributed by atoms with E-state index >= 15 is 0 Å². The third kappa shape index (κ3) is 8.80. The van der Waals surface area contributed by atoms with Crippen molar-refractivity contribution in [2.75, 3.05) is 23.7 Å². The Morgan fingerprint density at radius 3 is 2.32 bits per heavy atom. The second kappa shape index (κ2) is 13.8. The first kappa shape index (κ1) is 33.0. The van der Waals surface area contributed by atoms with Gasteiger partial charge in [-0.05, 0) is 87.5 Å². The Hall–Kier alpha value is -3.95. The molecule has 3 N–H and O–H groups in total. The fraction of sp³-hybridized carbons (Fsp3) is 0.412. The lowest BCUT2D eigenvalue weighted by atomic mass is 9.86. The lowest BCUT2D eigenvalue weighted by Gasteiger charge is -2.32. The van der Waals surface area contributed by atoms with Crippen molar-refractivity contribution >= 4 is 40.9 Å². The second-order valence-electron chi connectivity index (χ2n) is 13.0. The molecule has 0 radical (unpaired) electrons. The maximum Gasteiger partial charge on any atom is 0.348 e. The molecule has 1 aliphatic heterocycles. The zero-order chi connectivity index (χ0) is 32.1. The van der Waals surface area contributed by atoms with E-state index in [1.807, 2.05) is 32.9 Å². The van der Waals surface area contributed by atoms with E-state index in [0.29, 0.717) is 23.1 Å². The number of amides is 2. The van der Waals surface area contributed by atoms with Crippen LogP contribution in [0.3, 0.4) is 0 Å². The summed E-state index contributed by atoms with van der Waals surface area (Å²) < 4.78 is 12.2. The van der Waals surface area contributed by atoms with Gasteiger partial charge in [-0.3, -0.25) is 9.59 Å². The Balaban J connectivity index is 1.66. The van der Waals surface area contributed by atoms with Crippen molar-refractivity contribution < 1.29 is 23.9 Å². The van der Waals surface area contributed by atoms with Crippen LogP contribution >= 0.6 is 11.6 Å². The highest BCUT2D eigenvalue weighted by Crippen LogP contribution is 2.32. The average Bonchev–Trinajstić information content (AvgIpc) is 2.96. The smallest absolute Gasteiger partial charge is 0.348 e. The molecule has 2 aromatic carbocycles. The van der Waals surface area contributed by atoms with Crippen molar-refractivity contribution in [2.45, 2.75) is 71.5 Å². The second-order valence-corrected chi connectivity index (χ2v) is 13.4. The quantitative estimate of drug-likeness (QED) is 0.242. The van der Waals surface area contributed by atoms with E-state index in [4.69, 9.17) is 21.1 Å². The molecule has 1 aromatic heterocycles. The molecule has 0 saturated carbocycles. The van der Waals surface area contributed by atoms with E-state index in [2.05, 4.69) is 41.7 Å². The third-order valence-corrected chi connectivity index (χ3v) is 7.36. The molecule has 4 rings (SSSR count). The average molecular weight is 621 g/mol. The van der Waals surface area contributed by atoms with E-state index in [1.54, 1.807) is 42.5 Å². The fourth-order valence-electron chi connectivity index (χ4n) is 4.86. The zero-order valence-corrected chi connectivity index (χ0v) is 26.9. The molecule has 2 atom stereocenters. The highest BCUT2D eigenvalue weighted by atomic mass is 35.5. The molecule has 1 saturated heterocycles. The number of esters is 1. The van der Waals surface area contributed by atoms with Crippen LogP contribution in [-0.2, 0) is 14.9 Å². The Morgan fingerprint density at radius 2 is 1.68 bits per heavy atom. The van der Waals surface area contributed by atoms with Gasteiger partial charge in [-0.2, -0.15) is 0 Å². The number of halogens is 1. The molecule has 44 heavy (non-hydrogen) atoms. The number of benzene rings is 2. The number of nitrogens with zero attached hydrogens (tertiary/aromatic N) is 1. The van der Waals surface area contributed by atoms with Gasteiger partial charge < -0.3 is 25.4 Å². The van der Waals surface area contributed by atoms with Crippen LogP contribution in [0.15, 0.2) is 60.8 Å². The number of hydrogen-bond donors (Lipinski definition) is 3. The van der Waals surface area contributed by atoms with E-state index in [-0.39, 0.29) is 28.2 Å². The predicted molar refractivity (Wildman–Crippen MR) is 173 cm³/mol. The molecular formula is C34H41ClN4O5. The summed E-state index contributed by atoms with van der Waals surface area (Å²) in [6, 6.07) is 15.3. The van der Waals surface area contributed by atoms with Crippen LogP contribution in [0.1, 0.15) is 80.7 Å². The molecule has 234 valence electrons. The number of hydrogen-bond acceptors (Lipinski definition) is 7. The fourth-order valence-corrected chi connectivity index (χ4v) is 4.97. The molecule has 0 bridgehead atoms. The summed E-state index contributed by atoms with van der Waals surface area (Å²) in [5.74, 6) is -0.974. The molecular weight excluding hydrogens is 580 g/mol. The van der Waals surface area contributed by atoms with Gasteiger partial charge in [-0.25, -0.2) is 9.78 Å². The number of anilines is 2. The predicted octanol–water partition coefficient (Wildman–Crippen LogP) is 6.63. The van der Waals surface area contributed by atoms with Crippen LogP contribution in [0.5, 0.6) is 5.75 Å². The van der Waals surface area contributed by atoms with E-state index in [0.717, 1.165) is 24.9 Å². The van der Waals surface area contributed by atoms with Crippen molar-refractivity contribution in [1.29, 1.82) is 0 Å². The number of rotatable bonds is 8. The van der Waals surface area contributed by atoms with Gasteiger partial charge in [0.15, 0.2) is 6.10 Å². The van der Waals surface area contributed by atoms with Crippen LogP contribution in [0.25, 0.3) is 0 Å². The van der Waals surface area contributed by atoms with Crippen LogP contribution in [0, 0.1) is 5.92 Å². The molecule has 0 spiro atoms. The van der Waals surface area contributed by atoms with E-state index in [9.17, 15) is 14.4 Å². The van der Waals surface area contributed by atoms with Gasteiger partial charge in [0.1, 0.15) is 17.2 Å². The van der Waals surface area contributed by atoms with Crippen molar-refractivity contribution in [1.82, 2.24) is 10.3 Å². The highest BCUT2D eigenvalue weighted by Gasteiger charge is 2.36. The van der Waals surface area contributed by atoms with Gasteiger partial charge in [0.25, 0.3) is 11.8 Å². The number of aromatic nitrogens is 1. The van der Waals surface area contributed by atoms with Crippen molar-refractivity contribution in [3.8, 4) is 5.75 Å². The molecule has 9 nitrogen and oxygen atoms in total. The van der Waals surface area contributed by atoms with Gasteiger partial charge in [0.2, 0.25) is 0 Å². The first-order valence-corrected chi connectivity index (χ1v) is 15.2. The normalized spacial score (nSPS) is 16.0. The summed E-state index contributed by atoms with van der Waals surface area (Å²) in [5, 5.41) is 9.39. The lowest BCUT2D eigenvalue weighted by Crippen LogP contribution is -2.46. The van der Waals surface area contributed by atoms with Crippen molar-refractivity contribution in [2.24, 2.45) is 5.92 Å². The summed E-state index contributed by atoms with van der Waals surface area (Å²) in [5.41, 5.74) is 0.747. The molecule has 3 aromatic rings. The minimum atomic E-state index is -0.922. The summed E-state index contributed by atoms with van der Waals surface area (Å²) in [6.45, 7) is 13.1. The number of carbonyl (C=O) groups excluding carboxylic acids is 3. The number of para-hydroxylation sites is 1. The minimum absolute atomic E-state index is 0.140. The first-order valence-electron chi connectivity index (χ1n) is 14.8. The Labute approximate surface area is 264 Å². The maximum atomic E-state index is 13.8. The maximum absolute atomic E-state index is 13.8. The minimum Gasteiger partial charge on any atom is -0.478 e. The monoisotopic (exact) mass is 620 g/mol. The molecule has 2 unspecified atom stereocenters. The summed E-state index contributed by atoms with van der Waals surface area (Å²) >= 11 is 5.91. The molecule has 10 heteroatoms. The SMILES string of the molecule is CC(C)(C)OC(=O)C(Oc1cc(C(C)(C)C)ccc1C(=O)Nc1ccccc1C(=O)Nc1ccc(Cl)cn1)C1CCCNC1. The van der Waals surface area contributed by atoms with Crippen LogP contribution < -0.4 is 20.7 Å². The number of piperidine rings is 1. The van der Waals surface area contributed by atoms with Gasteiger partial charge in [-0.1, -0.05) is 50.6 Å². The standard InChI is InChI=1S/C34H41ClN4O5/c1-33(2,3)22-13-15-25(27(18-22)43-29(21-10-9-17-36-19-21)32(42)44-34(4,5)6)31(41)38-26-12-8-7-11-24(26)30(40)39-28-16-14-23(35)20-37-28/h7-8,11-16,18,20-21,29,36H,9-10,17,19H2,1-6H3,(H,38,41)(H,37,39,40). The molecule has 0 aliphatic carbocycles. The summed E-state index contributed by atoms with van der Waals surface area (Å²) in [6.07, 6.45) is 2.19. The number of nitrogens with one attached hydrogen (secondary N) is 3. The number of pyridine rings is 1. The zero-order valence-electron chi connectivity index (χ0n) is 26.1. The van der Waals surface area contributed by atoms with Crippen LogP contribution in [-0.4, -0.2) is 47.6 Å². The lowest BCUT2D eigenvalue weighted by molar-refractivity contribution is -0.166. The number of carbonyl (C=O) groups is 3. The highest BCUT2D eigenvalue weighted by molar-refractivity contribution is 6.30. The van der Waals surface area contributed by atoms with Gasteiger partial charge >= 0.3 is 5.97 Å².